The number of hydrogen-bond donors (Lipinski definition) is 1. The lowest BCUT2D eigenvalue weighted by molar-refractivity contribution is -0.116. The molecule has 0 fully saturated rings. The van der Waals surface area contributed by atoms with Gasteiger partial charge in [-0.1, -0.05) is 30.8 Å². The van der Waals surface area contributed by atoms with Gasteiger partial charge in [-0.15, -0.1) is 0 Å². The van der Waals surface area contributed by atoms with Crippen LogP contribution in [-0.2, 0) is 11.2 Å². The summed E-state index contributed by atoms with van der Waals surface area (Å²) in [5.74, 6) is 0.843. The largest absolute Gasteiger partial charge is 0.489 e. The van der Waals surface area contributed by atoms with E-state index < -0.39 is 0 Å². The van der Waals surface area contributed by atoms with Gasteiger partial charge in [0, 0.05) is 24.0 Å². The number of benzene rings is 2. The fourth-order valence-electron chi connectivity index (χ4n) is 2.77. The first-order chi connectivity index (χ1) is 11.6. The van der Waals surface area contributed by atoms with E-state index >= 15 is 0 Å². The molecule has 0 atom stereocenters. The topological polar surface area (TPSA) is 41.6 Å². The van der Waals surface area contributed by atoms with Crippen LogP contribution in [0.25, 0.3) is 0 Å². The van der Waals surface area contributed by atoms with Crippen LogP contribution in [0.4, 0.5) is 11.4 Å². The Morgan fingerprint density at radius 3 is 2.92 bits per heavy atom. The Hall–Kier alpha value is -2.75. The molecule has 24 heavy (non-hydrogen) atoms. The van der Waals surface area contributed by atoms with E-state index in [2.05, 4.69) is 18.0 Å². The molecule has 0 aromatic heterocycles. The van der Waals surface area contributed by atoms with Crippen LogP contribution in [0.5, 0.6) is 5.75 Å². The number of carbonyl (C=O) groups excluding carboxylic acids is 1. The van der Waals surface area contributed by atoms with Gasteiger partial charge in [0.1, 0.15) is 12.4 Å². The first-order valence-electron chi connectivity index (χ1n) is 8.13. The molecule has 1 heterocycles. The summed E-state index contributed by atoms with van der Waals surface area (Å²) in [5, 5.41) is 3.19. The lowest BCUT2D eigenvalue weighted by atomic mass is 10.2. The van der Waals surface area contributed by atoms with E-state index in [1.807, 2.05) is 54.3 Å². The highest BCUT2D eigenvalue weighted by Gasteiger charge is 2.23. The summed E-state index contributed by atoms with van der Waals surface area (Å²) >= 11 is 0. The van der Waals surface area contributed by atoms with Gasteiger partial charge < -0.3 is 15.0 Å². The quantitative estimate of drug-likeness (QED) is 0.826. The normalized spacial score (nSPS) is 12.6. The van der Waals surface area contributed by atoms with Crippen LogP contribution in [-0.4, -0.2) is 25.6 Å². The van der Waals surface area contributed by atoms with Gasteiger partial charge in [-0.3, -0.25) is 4.79 Å². The second-order valence-corrected chi connectivity index (χ2v) is 6.05. The van der Waals surface area contributed by atoms with E-state index in [1.54, 1.807) is 0 Å². The first-order valence-corrected chi connectivity index (χ1v) is 8.13. The SMILES string of the molecule is C=C(C)COc1cccc(NCC(=O)N2CCc3ccccc32)c1. The molecule has 3 rings (SSSR count). The molecule has 0 unspecified atom stereocenters. The summed E-state index contributed by atoms with van der Waals surface area (Å²) < 4.78 is 5.63. The Kier molecular flexibility index (Phi) is 4.85. The Bertz CT molecular complexity index is 755. The molecule has 1 aliphatic heterocycles. The monoisotopic (exact) mass is 322 g/mol. The van der Waals surface area contributed by atoms with Gasteiger partial charge in [0.05, 0.1) is 6.54 Å². The van der Waals surface area contributed by atoms with Gasteiger partial charge in [0.15, 0.2) is 0 Å². The average molecular weight is 322 g/mol. The number of para-hydroxylation sites is 1. The van der Waals surface area contributed by atoms with Crippen molar-refractivity contribution in [3.8, 4) is 5.75 Å². The summed E-state index contributed by atoms with van der Waals surface area (Å²) in [6, 6.07) is 15.7. The Balaban J connectivity index is 1.59. The van der Waals surface area contributed by atoms with Crippen LogP contribution in [0.3, 0.4) is 0 Å². The Morgan fingerprint density at radius 2 is 2.08 bits per heavy atom. The third kappa shape index (κ3) is 3.77. The maximum Gasteiger partial charge on any atom is 0.246 e. The molecular weight excluding hydrogens is 300 g/mol. The molecular formula is C20H22N2O2. The molecule has 2 aromatic rings. The van der Waals surface area contributed by atoms with Gasteiger partial charge in [0.2, 0.25) is 5.91 Å². The fraction of sp³-hybridized carbons (Fsp3) is 0.250. The van der Waals surface area contributed by atoms with Crippen molar-refractivity contribution in [2.45, 2.75) is 13.3 Å². The van der Waals surface area contributed by atoms with E-state index in [-0.39, 0.29) is 12.5 Å². The zero-order chi connectivity index (χ0) is 16.9. The highest BCUT2D eigenvalue weighted by molar-refractivity contribution is 5.98. The van der Waals surface area contributed by atoms with E-state index in [4.69, 9.17) is 4.74 Å². The van der Waals surface area contributed by atoms with Gasteiger partial charge >= 0.3 is 0 Å². The molecule has 4 heteroatoms. The maximum absolute atomic E-state index is 12.5. The summed E-state index contributed by atoms with van der Waals surface area (Å²) in [5.41, 5.74) is 4.11. The fourth-order valence-corrected chi connectivity index (χ4v) is 2.77. The van der Waals surface area contributed by atoms with Crippen molar-refractivity contribution in [2.24, 2.45) is 0 Å². The lowest BCUT2D eigenvalue weighted by Crippen LogP contribution is -2.34. The van der Waals surface area contributed by atoms with Crippen molar-refractivity contribution in [3.63, 3.8) is 0 Å². The highest BCUT2D eigenvalue weighted by atomic mass is 16.5. The van der Waals surface area contributed by atoms with Crippen molar-refractivity contribution < 1.29 is 9.53 Å². The minimum atomic E-state index is 0.0770. The first kappa shape index (κ1) is 16.1. The van der Waals surface area contributed by atoms with Crippen LogP contribution in [0.1, 0.15) is 12.5 Å². The summed E-state index contributed by atoms with van der Waals surface area (Å²) in [6.07, 6.45) is 0.923. The molecule has 0 radical (unpaired) electrons. The van der Waals surface area contributed by atoms with Gasteiger partial charge in [-0.25, -0.2) is 0 Å². The highest BCUT2D eigenvalue weighted by Crippen LogP contribution is 2.27. The third-order valence-corrected chi connectivity index (χ3v) is 3.95. The van der Waals surface area contributed by atoms with Crippen molar-refractivity contribution in [1.82, 2.24) is 0 Å². The zero-order valence-electron chi connectivity index (χ0n) is 13.9. The molecule has 2 aromatic carbocycles. The van der Waals surface area contributed by atoms with Crippen molar-refractivity contribution >= 4 is 17.3 Å². The summed E-state index contributed by atoms with van der Waals surface area (Å²) in [6.45, 7) is 7.26. The molecule has 124 valence electrons. The number of hydrogen-bond acceptors (Lipinski definition) is 3. The molecule has 1 N–H and O–H groups in total. The van der Waals surface area contributed by atoms with E-state index in [0.29, 0.717) is 6.61 Å². The number of carbonyl (C=O) groups is 1. The van der Waals surface area contributed by atoms with Crippen molar-refractivity contribution in [2.75, 3.05) is 29.9 Å². The number of fused-ring (bicyclic) bond motifs is 1. The average Bonchev–Trinajstić information content (AvgIpc) is 3.02. The van der Waals surface area contributed by atoms with Gasteiger partial charge in [-0.2, -0.15) is 0 Å². The number of amides is 1. The van der Waals surface area contributed by atoms with Crippen LogP contribution in [0, 0.1) is 0 Å². The van der Waals surface area contributed by atoms with Crippen LogP contribution < -0.4 is 15.0 Å². The molecule has 0 spiro atoms. The number of rotatable bonds is 6. The van der Waals surface area contributed by atoms with E-state index in [1.165, 1.54) is 5.56 Å². The zero-order valence-corrected chi connectivity index (χ0v) is 13.9. The van der Waals surface area contributed by atoms with Gasteiger partial charge in [-0.05, 0) is 42.7 Å². The Morgan fingerprint density at radius 1 is 1.25 bits per heavy atom. The molecule has 0 saturated heterocycles. The van der Waals surface area contributed by atoms with Crippen molar-refractivity contribution in [1.29, 1.82) is 0 Å². The molecule has 1 aliphatic rings. The molecule has 1 amide bonds. The summed E-state index contributed by atoms with van der Waals surface area (Å²) in [7, 11) is 0. The molecule has 4 nitrogen and oxygen atoms in total. The smallest absolute Gasteiger partial charge is 0.246 e. The van der Waals surface area contributed by atoms with Gasteiger partial charge in [0.25, 0.3) is 0 Å². The number of nitrogens with one attached hydrogen (secondary N) is 1. The van der Waals surface area contributed by atoms with Crippen LogP contribution in [0.15, 0.2) is 60.7 Å². The molecule has 0 aliphatic carbocycles. The lowest BCUT2D eigenvalue weighted by Gasteiger charge is -2.18. The second-order valence-electron chi connectivity index (χ2n) is 6.05. The molecule has 0 saturated carbocycles. The predicted octanol–water partition coefficient (Wildman–Crippen LogP) is 3.64. The standard InChI is InChI=1S/C20H22N2O2/c1-15(2)14-24-18-8-5-7-17(12-18)21-13-20(23)22-11-10-16-6-3-4-9-19(16)22/h3-9,12,21H,1,10-11,13-14H2,2H3. The summed E-state index contributed by atoms with van der Waals surface area (Å²) in [4.78, 5) is 14.4. The van der Waals surface area contributed by atoms with Crippen LogP contribution >= 0.6 is 0 Å². The second kappa shape index (κ2) is 7.21. The van der Waals surface area contributed by atoms with Crippen LogP contribution in [0.2, 0.25) is 0 Å². The Labute approximate surface area is 142 Å². The minimum absolute atomic E-state index is 0.0770. The maximum atomic E-state index is 12.5. The number of anilines is 2. The van der Waals surface area contributed by atoms with E-state index in [0.717, 1.165) is 35.7 Å². The van der Waals surface area contributed by atoms with E-state index in [9.17, 15) is 4.79 Å². The number of nitrogens with zero attached hydrogens (tertiary/aromatic N) is 1. The molecule has 0 bridgehead atoms. The van der Waals surface area contributed by atoms with Crippen molar-refractivity contribution in [3.05, 3.63) is 66.2 Å². The minimum Gasteiger partial charge on any atom is -0.489 e. The number of ether oxygens (including phenoxy) is 1. The third-order valence-electron chi connectivity index (χ3n) is 3.95. The predicted molar refractivity (Wildman–Crippen MR) is 97.7 cm³/mol.